The Bertz CT molecular complexity index is 774. The van der Waals surface area contributed by atoms with Gasteiger partial charge in [-0.15, -0.1) is 11.6 Å². The van der Waals surface area contributed by atoms with E-state index in [-0.39, 0.29) is 47.2 Å². The molecule has 2 rings (SSSR count). The van der Waals surface area contributed by atoms with Crippen LogP contribution in [0.2, 0.25) is 18.1 Å². The Hall–Kier alpha value is -0.703. The Morgan fingerprint density at radius 2 is 1.92 bits per heavy atom. The SMILES string of the molecule is C[C@H](CCC[C@H](O)C=C[C@H]1[C@@H](CC=CCCCC(=O)O)[C@@H](Cl)C[C@H]1OC1CCCCO1)O[Si](C)(C)C(C)(C)C. The lowest BCUT2D eigenvalue weighted by Gasteiger charge is -2.38. The predicted molar refractivity (Wildman–Crippen MR) is 162 cm³/mol. The first-order valence-electron chi connectivity index (χ1n) is 15.1. The summed E-state index contributed by atoms with van der Waals surface area (Å²) in [6, 6.07) is 0. The van der Waals surface area contributed by atoms with E-state index in [0.29, 0.717) is 12.8 Å². The maximum Gasteiger partial charge on any atom is 0.303 e. The minimum absolute atomic E-state index is 0.0256. The lowest BCUT2D eigenvalue weighted by Crippen LogP contribution is -2.43. The quantitative estimate of drug-likeness (QED) is 0.0829. The Balaban J connectivity index is 1.94. The third-order valence-corrected chi connectivity index (χ3v) is 13.7. The predicted octanol–water partition coefficient (Wildman–Crippen LogP) is 7.84. The highest BCUT2D eigenvalue weighted by Gasteiger charge is 2.42. The molecule has 0 aromatic heterocycles. The molecule has 0 amide bonds. The molecule has 1 aliphatic heterocycles. The molecule has 0 aromatic carbocycles. The minimum atomic E-state index is -1.79. The second kappa shape index (κ2) is 16.7. The van der Waals surface area contributed by atoms with Crippen LogP contribution >= 0.6 is 11.6 Å². The van der Waals surface area contributed by atoms with E-state index in [2.05, 4.69) is 59.0 Å². The standard InChI is InChI=1S/C31H55ClO6Si/c1-23(38-39(5,6)31(2,3)4)14-13-15-24(33)19-20-26-25(16-9-7-8-10-17-29(34)35)27(32)22-28(26)37-30-18-11-12-21-36-30/h7,9,19-20,23-28,30,33H,8,10-18,21-22H2,1-6H3,(H,34,35)/t23-,24+,25-,26+,27+,28-,30?/m1/s1. The maximum absolute atomic E-state index is 10.8. The number of carboxylic acid groups (broad SMARTS) is 1. The highest BCUT2D eigenvalue weighted by atomic mass is 35.5. The smallest absolute Gasteiger partial charge is 0.303 e. The van der Waals surface area contributed by atoms with Crippen molar-refractivity contribution in [3.05, 3.63) is 24.3 Å². The van der Waals surface area contributed by atoms with Gasteiger partial charge in [-0.05, 0) is 95.2 Å². The van der Waals surface area contributed by atoms with Crippen molar-refractivity contribution in [3.63, 3.8) is 0 Å². The summed E-state index contributed by atoms with van der Waals surface area (Å²) in [5, 5.41) is 19.8. The van der Waals surface area contributed by atoms with Gasteiger partial charge >= 0.3 is 5.97 Å². The molecule has 1 unspecified atom stereocenters. The Morgan fingerprint density at radius 1 is 1.18 bits per heavy atom. The minimum Gasteiger partial charge on any atom is -0.481 e. The molecule has 8 heteroatoms. The molecule has 6 nitrogen and oxygen atoms in total. The summed E-state index contributed by atoms with van der Waals surface area (Å²) in [5.74, 6) is -0.471. The first kappa shape index (κ1) is 34.5. The monoisotopic (exact) mass is 586 g/mol. The van der Waals surface area contributed by atoms with Gasteiger partial charge in [-0.25, -0.2) is 0 Å². The van der Waals surface area contributed by atoms with Crippen LogP contribution in [0.1, 0.15) is 98.3 Å². The molecule has 226 valence electrons. The summed E-state index contributed by atoms with van der Waals surface area (Å²) in [7, 11) is -1.79. The van der Waals surface area contributed by atoms with E-state index >= 15 is 0 Å². The fourth-order valence-electron chi connectivity index (χ4n) is 5.25. The van der Waals surface area contributed by atoms with Crippen LogP contribution in [0.5, 0.6) is 0 Å². The highest BCUT2D eigenvalue weighted by molar-refractivity contribution is 6.74. The van der Waals surface area contributed by atoms with Gasteiger partial charge in [0.15, 0.2) is 14.6 Å². The lowest BCUT2D eigenvalue weighted by atomic mass is 9.90. The van der Waals surface area contributed by atoms with Crippen LogP contribution in [0, 0.1) is 11.8 Å². The van der Waals surface area contributed by atoms with E-state index in [1.54, 1.807) is 0 Å². The van der Waals surface area contributed by atoms with Crippen molar-refractivity contribution in [1.29, 1.82) is 0 Å². The van der Waals surface area contributed by atoms with Crippen molar-refractivity contribution >= 4 is 25.9 Å². The molecule has 0 aromatic rings. The fourth-order valence-corrected chi connectivity index (χ4v) is 7.17. The number of halogens is 1. The van der Waals surface area contributed by atoms with Crippen LogP contribution in [0.25, 0.3) is 0 Å². The topological polar surface area (TPSA) is 85.2 Å². The van der Waals surface area contributed by atoms with Crippen molar-refractivity contribution in [2.24, 2.45) is 11.8 Å². The van der Waals surface area contributed by atoms with Gasteiger partial charge in [0.05, 0.1) is 12.2 Å². The largest absolute Gasteiger partial charge is 0.481 e. The zero-order valence-electron chi connectivity index (χ0n) is 25.2. The number of hydrogen-bond donors (Lipinski definition) is 2. The first-order valence-corrected chi connectivity index (χ1v) is 18.5. The molecule has 2 N–H and O–H groups in total. The van der Waals surface area contributed by atoms with Gasteiger partial charge in [0.25, 0.3) is 0 Å². The molecular weight excluding hydrogens is 532 g/mol. The van der Waals surface area contributed by atoms with Crippen LogP contribution in [-0.2, 0) is 18.7 Å². The van der Waals surface area contributed by atoms with Crippen molar-refractivity contribution in [1.82, 2.24) is 0 Å². The number of carboxylic acids is 1. The van der Waals surface area contributed by atoms with Crippen LogP contribution in [-0.4, -0.2) is 61.1 Å². The van der Waals surface area contributed by atoms with Gasteiger partial charge in [-0.1, -0.05) is 45.1 Å². The zero-order chi connectivity index (χ0) is 29.1. The third kappa shape index (κ3) is 12.4. The third-order valence-electron chi connectivity index (χ3n) is 8.61. The van der Waals surface area contributed by atoms with E-state index in [9.17, 15) is 9.90 Å². The number of aliphatic carboxylic acids is 1. The zero-order valence-corrected chi connectivity index (χ0v) is 27.0. The number of aliphatic hydroxyl groups is 1. The lowest BCUT2D eigenvalue weighted by molar-refractivity contribution is -0.192. The molecular formula is C31H55ClO6Si. The van der Waals surface area contributed by atoms with Crippen LogP contribution in [0.3, 0.4) is 0 Å². The summed E-state index contributed by atoms with van der Waals surface area (Å²) in [4.78, 5) is 10.7. The van der Waals surface area contributed by atoms with Crippen molar-refractivity contribution < 1.29 is 28.9 Å². The molecule has 1 aliphatic carbocycles. The average Bonchev–Trinajstić information content (AvgIpc) is 3.12. The Morgan fingerprint density at radius 3 is 2.56 bits per heavy atom. The van der Waals surface area contributed by atoms with Crippen LogP contribution < -0.4 is 0 Å². The summed E-state index contributed by atoms with van der Waals surface area (Å²) in [6.07, 6.45) is 16.5. The van der Waals surface area contributed by atoms with Gasteiger partial charge in [-0.3, -0.25) is 4.79 Å². The molecule has 0 spiro atoms. The molecule has 1 heterocycles. The number of rotatable bonds is 16. The number of allylic oxidation sites excluding steroid dienone is 2. The van der Waals surface area contributed by atoms with E-state index in [4.69, 9.17) is 30.6 Å². The molecule has 1 saturated heterocycles. The molecule has 2 aliphatic rings. The van der Waals surface area contributed by atoms with Gasteiger partial charge in [0.2, 0.25) is 0 Å². The van der Waals surface area contributed by atoms with Crippen molar-refractivity contribution in [2.45, 2.75) is 146 Å². The van der Waals surface area contributed by atoms with E-state index in [1.807, 2.05) is 6.08 Å². The van der Waals surface area contributed by atoms with E-state index in [0.717, 1.165) is 58.0 Å². The number of alkyl halides is 1. The average molecular weight is 587 g/mol. The second-order valence-electron chi connectivity index (χ2n) is 13.0. The van der Waals surface area contributed by atoms with Crippen LogP contribution in [0.4, 0.5) is 0 Å². The number of aliphatic hydroxyl groups excluding tert-OH is 1. The van der Waals surface area contributed by atoms with Crippen molar-refractivity contribution in [3.8, 4) is 0 Å². The molecule has 1 saturated carbocycles. The number of unbranched alkanes of at least 4 members (excludes halogenated alkanes) is 1. The normalized spacial score (nSPS) is 28.4. The second-order valence-corrected chi connectivity index (χ2v) is 18.3. The molecule has 7 atom stereocenters. The van der Waals surface area contributed by atoms with Crippen LogP contribution in [0.15, 0.2) is 24.3 Å². The summed E-state index contributed by atoms with van der Waals surface area (Å²) >= 11 is 6.85. The summed E-state index contributed by atoms with van der Waals surface area (Å²) in [6.45, 7) is 14.2. The number of carbonyl (C=O) groups is 1. The van der Waals surface area contributed by atoms with Gasteiger partial charge < -0.3 is 24.1 Å². The summed E-state index contributed by atoms with van der Waals surface area (Å²) < 4.78 is 18.7. The van der Waals surface area contributed by atoms with Gasteiger partial charge in [-0.2, -0.15) is 0 Å². The van der Waals surface area contributed by atoms with Gasteiger partial charge in [0.1, 0.15) is 0 Å². The van der Waals surface area contributed by atoms with Crippen molar-refractivity contribution in [2.75, 3.05) is 6.61 Å². The number of hydrogen-bond acceptors (Lipinski definition) is 5. The fraction of sp³-hybridized carbons (Fsp3) is 0.839. The maximum atomic E-state index is 10.8. The number of ether oxygens (including phenoxy) is 2. The molecule has 2 fully saturated rings. The Kier molecular flexibility index (Phi) is 14.7. The molecule has 39 heavy (non-hydrogen) atoms. The first-order chi connectivity index (χ1) is 18.3. The molecule has 0 bridgehead atoms. The van der Waals surface area contributed by atoms with E-state index in [1.165, 1.54) is 0 Å². The highest BCUT2D eigenvalue weighted by Crippen LogP contribution is 2.42. The van der Waals surface area contributed by atoms with E-state index < -0.39 is 20.4 Å². The summed E-state index contributed by atoms with van der Waals surface area (Å²) in [5.41, 5.74) is 0. The Labute approximate surface area is 243 Å². The molecule has 0 radical (unpaired) electrons. The van der Waals surface area contributed by atoms with Gasteiger partial charge in [0, 0.05) is 30.4 Å².